The number of hydrazine groups is 1. The highest BCUT2D eigenvalue weighted by Gasteiger charge is 2.28. The first-order valence-electron chi connectivity index (χ1n) is 8.47. The number of aliphatic carboxylic acids is 1. The molecule has 0 saturated carbocycles. The van der Waals surface area contributed by atoms with Crippen LogP contribution in [0.3, 0.4) is 0 Å². The zero-order chi connectivity index (χ0) is 20.4. The third kappa shape index (κ3) is 9.78. The van der Waals surface area contributed by atoms with E-state index >= 15 is 0 Å². The second kappa shape index (κ2) is 11.9. The largest absolute Gasteiger partial charge is 0.481 e. The number of carbonyl (C=O) groups is 3. The Kier molecular flexibility index (Phi) is 11.2. The Morgan fingerprint density at radius 3 is 2.00 bits per heavy atom. The molecule has 0 bridgehead atoms. The molecule has 10 nitrogen and oxygen atoms in total. The highest BCUT2D eigenvalue weighted by molar-refractivity contribution is 5.84. The topological polar surface area (TPSA) is 170 Å². The monoisotopic (exact) mass is 376 g/mol. The molecule has 1 amide bonds. The van der Waals surface area contributed by atoms with Gasteiger partial charge < -0.3 is 26.8 Å². The number of primary amides is 1. The van der Waals surface area contributed by atoms with Crippen LogP contribution in [0.15, 0.2) is 0 Å². The van der Waals surface area contributed by atoms with E-state index in [1.54, 1.807) is 24.1 Å². The van der Waals surface area contributed by atoms with E-state index in [2.05, 4.69) is 0 Å². The summed E-state index contributed by atoms with van der Waals surface area (Å²) in [5.41, 5.74) is 10.9. The summed E-state index contributed by atoms with van der Waals surface area (Å²) in [6.45, 7) is 1.86. The van der Waals surface area contributed by atoms with Crippen molar-refractivity contribution >= 4 is 17.7 Å². The minimum atomic E-state index is -1.24. The smallest absolute Gasteiger partial charge is 0.309 e. The van der Waals surface area contributed by atoms with Crippen LogP contribution < -0.4 is 11.5 Å². The summed E-state index contributed by atoms with van der Waals surface area (Å²) in [4.78, 5) is 34.6. The number of likely N-dealkylation sites (N-methyl/N-ethyl adjacent to an activating group) is 1. The number of carboxylic acids is 1. The van der Waals surface area contributed by atoms with Gasteiger partial charge in [-0.25, -0.2) is 10.0 Å². The molecule has 10 heteroatoms. The molecule has 4 atom stereocenters. The molecule has 0 spiro atoms. The lowest BCUT2D eigenvalue weighted by Gasteiger charge is -2.32. The maximum atomic E-state index is 12.2. The van der Waals surface area contributed by atoms with Gasteiger partial charge in [-0.15, -0.1) is 0 Å². The zero-order valence-corrected chi connectivity index (χ0v) is 15.7. The summed E-state index contributed by atoms with van der Waals surface area (Å²) in [6, 6.07) is -0.430. The van der Waals surface area contributed by atoms with Crippen LogP contribution in [0.4, 0.5) is 0 Å². The van der Waals surface area contributed by atoms with E-state index in [9.17, 15) is 19.5 Å². The third-order valence-electron chi connectivity index (χ3n) is 4.19. The van der Waals surface area contributed by atoms with E-state index in [0.29, 0.717) is 13.1 Å². The van der Waals surface area contributed by atoms with Crippen LogP contribution in [-0.4, -0.2) is 88.9 Å². The van der Waals surface area contributed by atoms with Crippen LogP contribution in [0.1, 0.15) is 26.2 Å². The van der Waals surface area contributed by atoms with Gasteiger partial charge in [0, 0.05) is 52.5 Å². The number of hydrogen-bond donors (Lipinski definition) is 5. The summed E-state index contributed by atoms with van der Waals surface area (Å²) in [5.74, 6) is -3.74. The van der Waals surface area contributed by atoms with Gasteiger partial charge in [-0.1, -0.05) is 0 Å². The SMILES string of the molecule is CC(O)[C@H](CC(=O)C[C@@H](CC(N)=O)CN(C)N(C)C[C@@H](N)CO)C(=O)O. The van der Waals surface area contributed by atoms with E-state index < -0.39 is 35.9 Å². The molecule has 0 heterocycles. The molecule has 152 valence electrons. The molecule has 0 aromatic carbocycles. The first kappa shape index (κ1) is 24.4. The standard InChI is InChI=1S/C16H32N4O6/c1-10(22)14(16(25)26)6-13(23)4-11(5-15(18)24)7-19(2)20(3)8-12(17)9-21/h10-12,14,21-22H,4-9,17H2,1-3H3,(H2,18,24)(H,25,26)/t10?,11-,12+,14-/m0/s1. The molecule has 0 rings (SSSR count). The van der Waals surface area contributed by atoms with Gasteiger partial charge in [-0.2, -0.15) is 0 Å². The van der Waals surface area contributed by atoms with Crippen molar-refractivity contribution < 1.29 is 29.7 Å². The second-order valence-corrected chi connectivity index (χ2v) is 6.79. The molecular formula is C16H32N4O6. The lowest BCUT2D eigenvalue weighted by atomic mass is 9.91. The highest BCUT2D eigenvalue weighted by atomic mass is 16.4. The van der Waals surface area contributed by atoms with Crippen molar-refractivity contribution in [3.63, 3.8) is 0 Å². The Hall–Kier alpha value is -1.59. The molecule has 0 fully saturated rings. The number of rotatable bonds is 14. The van der Waals surface area contributed by atoms with Gasteiger partial charge in [0.25, 0.3) is 0 Å². The predicted molar refractivity (Wildman–Crippen MR) is 94.7 cm³/mol. The van der Waals surface area contributed by atoms with Gasteiger partial charge in [-0.05, 0) is 12.8 Å². The van der Waals surface area contributed by atoms with Crippen LogP contribution in [-0.2, 0) is 14.4 Å². The molecule has 0 aliphatic heterocycles. The molecule has 0 aromatic rings. The molecule has 26 heavy (non-hydrogen) atoms. The number of amides is 1. The fourth-order valence-corrected chi connectivity index (χ4v) is 2.65. The molecule has 7 N–H and O–H groups in total. The highest BCUT2D eigenvalue weighted by Crippen LogP contribution is 2.17. The van der Waals surface area contributed by atoms with Crippen molar-refractivity contribution in [3.8, 4) is 0 Å². The first-order valence-corrected chi connectivity index (χ1v) is 8.47. The summed E-state index contributed by atoms with van der Waals surface area (Å²) < 4.78 is 0. The number of carbonyl (C=O) groups excluding carboxylic acids is 2. The molecule has 0 radical (unpaired) electrons. The lowest BCUT2D eigenvalue weighted by Crippen LogP contribution is -2.47. The Labute approximate surface area is 153 Å². The molecule has 1 unspecified atom stereocenters. The number of hydrogen-bond acceptors (Lipinski definition) is 8. The fraction of sp³-hybridized carbons (Fsp3) is 0.812. The summed E-state index contributed by atoms with van der Waals surface area (Å²) in [5, 5.41) is 31.1. The fourth-order valence-electron chi connectivity index (χ4n) is 2.65. The minimum absolute atomic E-state index is 0.0241. The van der Waals surface area contributed by atoms with Gasteiger partial charge in [0.15, 0.2) is 0 Å². The van der Waals surface area contributed by atoms with Crippen LogP contribution in [0, 0.1) is 11.8 Å². The Balaban J connectivity index is 4.85. The Morgan fingerprint density at radius 2 is 1.58 bits per heavy atom. The van der Waals surface area contributed by atoms with Gasteiger partial charge in [0.1, 0.15) is 5.78 Å². The average Bonchev–Trinajstić information content (AvgIpc) is 2.50. The zero-order valence-electron chi connectivity index (χ0n) is 15.7. The van der Waals surface area contributed by atoms with Gasteiger partial charge in [0.2, 0.25) is 5.91 Å². The first-order chi connectivity index (χ1) is 12.0. The summed E-state index contributed by atoms with van der Waals surface area (Å²) in [7, 11) is 3.50. The minimum Gasteiger partial charge on any atom is -0.481 e. The van der Waals surface area contributed by atoms with Crippen molar-refractivity contribution in [2.75, 3.05) is 33.8 Å². The summed E-state index contributed by atoms with van der Waals surface area (Å²) >= 11 is 0. The van der Waals surface area contributed by atoms with E-state index in [1.807, 2.05) is 0 Å². The third-order valence-corrected chi connectivity index (χ3v) is 4.19. The molecule has 0 aliphatic rings. The van der Waals surface area contributed by atoms with Crippen LogP contribution in [0.25, 0.3) is 0 Å². The summed E-state index contributed by atoms with van der Waals surface area (Å²) in [6.07, 6.45) is -1.51. The van der Waals surface area contributed by atoms with E-state index in [-0.39, 0.29) is 31.7 Å². The van der Waals surface area contributed by atoms with Crippen LogP contribution in [0.2, 0.25) is 0 Å². The lowest BCUT2D eigenvalue weighted by molar-refractivity contribution is -0.147. The number of aliphatic hydroxyl groups excluding tert-OH is 2. The van der Waals surface area contributed by atoms with E-state index in [1.165, 1.54) is 6.92 Å². The van der Waals surface area contributed by atoms with Crippen molar-refractivity contribution in [1.82, 2.24) is 10.0 Å². The molecule has 0 saturated heterocycles. The number of ketones is 1. The van der Waals surface area contributed by atoms with Crippen molar-refractivity contribution in [2.45, 2.75) is 38.3 Å². The Morgan fingerprint density at radius 1 is 1.04 bits per heavy atom. The maximum Gasteiger partial charge on any atom is 0.309 e. The van der Waals surface area contributed by atoms with Gasteiger partial charge >= 0.3 is 5.97 Å². The van der Waals surface area contributed by atoms with Gasteiger partial charge in [-0.3, -0.25) is 14.4 Å². The van der Waals surface area contributed by atoms with Crippen molar-refractivity contribution in [3.05, 3.63) is 0 Å². The normalized spacial score (nSPS) is 16.3. The predicted octanol–water partition coefficient (Wildman–Crippen LogP) is -1.99. The number of Topliss-reactive ketones (excluding diaryl/α,β-unsaturated/α-hetero) is 1. The number of nitrogens with two attached hydrogens (primary N) is 2. The average molecular weight is 376 g/mol. The second-order valence-electron chi connectivity index (χ2n) is 6.79. The van der Waals surface area contributed by atoms with E-state index in [4.69, 9.17) is 21.7 Å². The molecular weight excluding hydrogens is 344 g/mol. The quantitative estimate of drug-likeness (QED) is 0.215. The molecule has 0 aliphatic carbocycles. The van der Waals surface area contributed by atoms with Gasteiger partial charge in [0.05, 0.1) is 18.6 Å². The Bertz CT molecular complexity index is 474. The number of carboxylic acid groups (broad SMARTS) is 1. The van der Waals surface area contributed by atoms with Crippen LogP contribution in [0.5, 0.6) is 0 Å². The molecule has 0 aromatic heterocycles. The van der Waals surface area contributed by atoms with Crippen molar-refractivity contribution in [1.29, 1.82) is 0 Å². The van der Waals surface area contributed by atoms with E-state index in [0.717, 1.165) is 0 Å². The number of nitrogens with zero attached hydrogens (tertiary/aromatic N) is 2. The number of aliphatic hydroxyl groups is 2. The maximum absolute atomic E-state index is 12.2. The van der Waals surface area contributed by atoms with Crippen LogP contribution >= 0.6 is 0 Å². The van der Waals surface area contributed by atoms with Crippen molar-refractivity contribution in [2.24, 2.45) is 23.3 Å².